The molecule has 1 rings (SSSR count). The van der Waals surface area contributed by atoms with Crippen LogP contribution in [0.3, 0.4) is 0 Å². The maximum absolute atomic E-state index is 5.34. The third kappa shape index (κ3) is 0.840. The maximum Gasteiger partial charge on any atom is 0.178 e. The van der Waals surface area contributed by atoms with E-state index in [1.165, 1.54) is 0 Å². The number of nitrogens with two attached hydrogens (primary N) is 1. The van der Waals surface area contributed by atoms with Gasteiger partial charge in [-0.05, 0) is 5.21 Å². The quantitative estimate of drug-likeness (QED) is 0.532. The van der Waals surface area contributed by atoms with Crippen LogP contribution in [0, 0.1) is 6.20 Å². The summed E-state index contributed by atoms with van der Waals surface area (Å²) in [4.78, 5) is 0. The minimum atomic E-state index is 0.139. The zero-order valence-corrected chi connectivity index (χ0v) is 4.55. The van der Waals surface area contributed by atoms with Crippen molar-refractivity contribution in [3.05, 3.63) is 11.3 Å². The third-order valence-electron chi connectivity index (χ3n) is 0.570. The highest BCUT2D eigenvalue weighted by atomic mass is 35.5. The number of rotatable bonds is 0. The second-order valence-corrected chi connectivity index (χ2v) is 1.46. The third-order valence-corrected chi connectivity index (χ3v) is 0.849. The van der Waals surface area contributed by atoms with E-state index in [2.05, 4.69) is 21.6 Å². The second-order valence-electron chi connectivity index (χ2n) is 1.11. The average molecular weight is 130 g/mol. The van der Waals surface area contributed by atoms with E-state index in [-0.39, 0.29) is 10.8 Å². The van der Waals surface area contributed by atoms with E-state index in [1.54, 1.807) is 0 Å². The molecule has 1 radical (unpaired) electrons. The average Bonchev–Trinajstić information content (AvgIpc) is 1.77. The summed E-state index contributed by atoms with van der Waals surface area (Å²) in [7, 11) is 0. The van der Waals surface area contributed by atoms with Crippen LogP contribution in [0.25, 0.3) is 0 Å². The Morgan fingerprint density at radius 3 is 2.75 bits per heavy atom. The first-order chi connectivity index (χ1) is 3.80. The molecule has 4 nitrogen and oxygen atoms in total. The van der Waals surface area contributed by atoms with Crippen LogP contribution in [0.15, 0.2) is 0 Å². The van der Waals surface area contributed by atoms with Crippen molar-refractivity contribution >= 4 is 17.3 Å². The van der Waals surface area contributed by atoms with Crippen molar-refractivity contribution in [1.82, 2.24) is 15.4 Å². The van der Waals surface area contributed by atoms with Gasteiger partial charge in [0.1, 0.15) is 11.9 Å². The molecule has 41 valence electrons. The van der Waals surface area contributed by atoms with Crippen molar-refractivity contribution in [3.63, 3.8) is 0 Å². The standard InChI is InChI=1S/C3H2ClN4/c4-3-2(5)1-6-8-7-3/h(H2,5,8). The van der Waals surface area contributed by atoms with Gasteiger partial charge in [0.2, 0.25) is 0 Å². The Balaban J connectivity index is 3.13. The van der Waals surface area contributed by atoms with Crippen LogP contribution in [0.5, 0.6) is 0 Å². The van der Waals surface area contributed by atoms with Gasteiger partial charge >= 0.3 is 0 Å². The minimum absolute atomic E-state index is 0.139. The second kappa shape index (κ2) is 1.92. The lowest BCUT2D eigenvalue weighted by Gasteiger charge is -1.86. The van der Waals surface area contributed by atoms with Crippen molar-refractivity contribution in [2.24, 2.45) is 0 Å². The summed E-state index contributed by atoms with van der Waals surface area (Å²) in [6.45, 7) is 0. The van der Waals surface area contributed by atoms with Gasteiger partial charge in [-0.25, -0.2) is 0 Å². The molecule has 0 bridgehead atoms. The van der Waals surface area contributed by atoms with Crippen LogP contribution in [-0.2, 0) is 0 Å². The Morgan fingerprint density at radius 2 is 2.38 bits per heavy atom. The van der Waals surface area contributed by atoms with Crippen molar-refractivity contribution in [2.75, 3.05) is 5.73 Å². The Labute approximate surface area is 50.7 Å². The summed E-state index contributed by atoms with van der Waals surface area (Å²) in [6, 6.07) is 0. The van der Waals surface area contributed by atoms with Gasteiger partial charge in [-0.3, -0.25) is 0 Å². The van der Waals surface area contributed by atoms with Gasteiger partial charge in [0, 0.05) is 0 Å². The van der Waals surface area contributed by atoms with Gasteiger partial charge in [-0.15, -0.1) is 10.2 Å². The number of hydrogen-bond donors (Lipinski definition) is 1. The largest absolute Gasteiger partial charge is 0.394 e. The van der Waals surface area contributed by atoms with Crippen molar-refractivity contribution < 1.29 is 0 Å². The minimum Gasteiger partial charge on any atom is -0.394 e. The van der Waals surface area contributed by atoms with Gasteiger partial charge in [0.15, 0.2) is 5.15 Å². The lowest BCUT2D eigenvalue weighted by Crippen LogP contribution is -1.93. The Morgan fingerprint density at radius 1 is 1.62 bits per heavy atom. The molecule has 0 spiro atoms. The molecule has 8 heavy (non-hydrogen) atoms. The van der Waals surface area contributed by atoms with E-state index in [0.29, 0.717) is 0 Å². The summed E-state index contributed by atoms with van der Waals surface area (Å²) in [6.07, 6.45) is 2.32. The molecule has 0 saturated carbocycles. The van der Waals surface area contributed by atoms with Crippen molar-refractivity contribution in [1.29, 1.82) is 0 Å². The highest BCUT2D eigenvalue weighted by Gasteiger charge is 1.93. The molecule has 0 fully saturated rings. The molecule has 0 aromatic carbocycles. The van der Waals surface area contributed by atoms with E-state index in [9.17, 15) is 0 Å². The van der Waals surface area contributed by atoms with Gasteiger partial charge in [0.25, 0.3) is 0 Å². The lowest BCUT2D eigenvalue weighted by molar-refractivity contribution is 0.864. The SMILES string of the molecule is Nc1[c]nnnc1Cl. The first kappa shape index (κ1) is 5.24. The molecule has 0 unspecified atom stereocenters. The van der Waals surface area contributed by atoms with Crippen LogP contribution in [0.4, 0.5) is 5.69 Å². The summed E-state index contributed by atoms with van der Waals surface area (Å²) in [5.74, 6) is 0. The Kier molecular flexibility index (Phi) is 1.26. The number of hydrogen-bond acceptors (Lipinski definition) is 4. The zero-order chi connectivity index (χ0) is 5.98. The van der Waals surface area contributed by atoms with Gasteiger partial charge < -0.3 is 5.73 Å². The number of nitrogen functional groups attached to an aromatic ring is 1. The van der Waals surface area contributed by atoms with Crippen LogP contribution in [0.2, 0.25) is 5.15 Å². The molecule has 0 saturated heterocycles. The van der Waals surface area contributed by atoms with Gasteiger partial charge in [0.05, 0.1) is 0 Å². The molecule has 1 aromatic rings. The number of aromatic nitrogens is 3. The predicted molar refractivity (Wildman–Crippen MR) is 28.1 cm³/mol. The van der Waals surface area contributed by atoms with Crippen LogP contribution >= 0.6 is 11.6 Å². The number of nitrogens with zero attached hydrogens (tertiary/aromatic N) is 3. The molecule has 0 atom stereocenters. The van der Waals surface area contributed by atoms with Gasteiger partial charge in [-0.1, -0.05) is 11.6 Å². The number of anilines is 1. The van der Waals surface area contributed by atoms with E-state index in [0.717, 1.165) is 0 Å². The molecule has 0 aliphatic rings. The zero-order valence-electron chi connectivity index (χ0n) is 3.80. The van der Waals surface area contributed by atoms with E-state index < -0.39 is 0 Å². The van der Waals surface area contributed by atoms with E-state index in [1.807, 2.05) is 0 Å². The molecule has 1 heterocycles. The Bertz CT molecular complexity index is 167. The highest BCUT2D eigenvalue weighted by Crippen LogP contribution is 2.08. The number of halogens is 1. The summed E-state index contributed by atoms with van der Waals surface area (Å²) < 4.78 is 0. The molecule has 1 aromatic heterocycles. The summed E-state index contributed by atoms with van der Waals surface area (Å²) in [5, 5.41) is 9.89. The van der Waals surface area contributed by atoms with E-state index >= 15 is 0 Å². The maximum atomic E-state index is 5.34. The monoisotopic (exact) mass is 129 g/mol. The molecular formula is C3H2ClN4. The first-order valence-corrected chi connectivity index (χ1v) is 2.20. The first-order valence-electron chi connectivity index (χ1n) is 1.82. The van der Waals surface area contributed by atoms with Crippen molar-refractivity contribution in [2.45, 2.75) is 0 Å². The molecule has 0 aliphatic carbocycles. The normalized spacial score (nSPS) is 9.12. The summed E-state index contributed by atoms with van der Waals surface area (Å²) >= 11 is 5.34. The topological polar surface area (TPSA) is 64.7 Å². The fraction of sp³-hybridized carbons (Fsp3) is 0. The Hall–Kier alpha value is -0.900. The van der Waals surface area contributed by atoms with Gasteiger partial charge in [-0.2, -0.15) is 0 Å². The van der Waals surface area contributed by atoms with Crippen LogP contribution in [0.1, 0.15) is 0 Å². The highest BCUT2D eigenvalue weighted by molar-refractivity contribution is 6.31. The molecule has 2 N–H and O–H groups in total. The molecule has 0 amide bonds. The van der Waals surface area contributed by atoms with Crippen LogP contribution < -0.4 is 5.73 Å². The molecule has 5 heteroatoms. The lowest BCUT2D eigenvalue weighted by atomic mass is 10.6. The van der Waals surface area contributed by atoms with Crippen molar-refractivity contribution in [3.8, 4) is 0 Å². The molecule has 0 aliphatic heterocycles. The smallest absolute Gasteiger partial charge is 0.178 e. The van der Waals surface area contributed by atoms with Crippen LogP contribution in [-0.4, -0.2) is 15.4 Å². The fourth-order valence-electron chi connectivity index (χ4n) is 0.238. The summed E-state index contributed by atoms with van der Waals surface area (Å²) in [5.41, 5.74) is 5.39. The predicted octanol–water partition coefficient (Wildman–Crippen LogP) is -0.0926. The fourth-order valence-corrected chi connectivity index (χ4v) is 0.314. The van der Waals surface area contributed by atoms with E-state index in [4.69, 9.17) is 17.3 Å². The molecular weight excluding hydrogens is 128 g/mol.